The third-order valence-corrected chi connectivity index (χ3v) is 3.21. The minimum Gasteiger partial charge on any atom is -0.350 e. The van der Waals surface area contributed by atoms with E-state index in [1.165, 1.54) is 11.8 Å². The van der Waals surface area contributed by atoms with E-state index in [9.17, 15) is 19.7 Å². The van der Waals surface area contributed by atoms with Gasteiger partial charge in [0.2, 0.25) is 11.9 Å². The van der Waals surface area contributed by atoms with Gasteiger partial charge in [-0.1, -0.05) is 6.92 Å². The molecule has 0 aromatic heterocycles. The number of hydrogen-bond acceptors (Lipinski definition) is 5. The summed E-state index contributed by atoms with van der Waals surface area (Å²) in [6.45, 7) is 7.56. The molecule has 2 unspecified atom stereocenters. The van der Waals surface area contributed by atoms with Crippen molar-refractivity contribution in [3.63, 3.8) is 0 Å². The van der Waals surface area contributed by atoms with Gasteiger partial charge in [-0.15, -0.1) is 0 Å². The normalized spacial score (nSPS) is 14.2. The van der Waals surface area contributed by atoms with Gasteiger partial charge >= 0.3 is 6.03 Å². The lowest BCUT2D eigenvalue weighted by molar-refractivity contribution is -0.526. The van der Waals surface area contributed by atoms with Gasteiger partial charge in [0.1, 0.15) is 5.92 Å². The van der Waals surface area contributed by atoms with Gasteiger partial charge in [-0.3, -0.25) is 14.9 Å². The standard InChI is InChI=1S/C12H23N5O4/c1-5-9(17(20)21)10(8(4)14-15-12(13)19)11(18)16(6-2)7-3/h9-10H,5-7H2,1-4H3,(H3,13,15,19)/b14-8+. The lowest BCUT2D eigenvalue weighted by Gasteiger charge is -2.26. The van der Waals surface area contributed by atoms with Gasteiger partial charge in [0, 0.05) is 24.4 Å². The molecule has 0 heterocycles. The van der Waals surface area contributed by atoms with Gasteiger partial charge in [0.15, 0.2) is 0 Å². The van der Waals surface area contributed by atoms with Gasteiger partial charge in [-0.2, -0.15) is 5.10 Å². The molecular weight excluding hydrogens is 278 g/mol. The Bertz CT molecular complexity index is 420. The summed E-state index contributed by atoms with van der Waals surface area (Å²) in [5.74, 6) is -1.41. The Morgan fingerprint density at radius 3 is 2.19 bits per heavy atom. The largest absolute Gasteiger partial charge is 0.350 e. The van der Waals surface area contributed by atoms with Crippen molar-refractivity contribution in [3.8, 4) is 0 Å². The minimum atomic E-state index is -1.10. The van der Waals surface area contributed by atoms with E-state index >= 15 is 0 Å². The van der Waals surface area contributed by atoms with Crippen molar-refractivity contribution in [2.45, 2.75) is 40.2 Å². The number of rotatable bonds is 8. The number of nitrogens with one attached hydrogen (secondary N) is 1. The smallest absolute Gasteiger partial charge is 0.332 e. The Kier molecular flexibility index (Phi) is 7.95. The molecule has 0 aliphatic heterocycles. The van der Waals surface area contributed by atoms with Crippen LogP contribution in [0, 0.1) is 16.0 Å². The lowest BCUT2D eigenvalue weighted by Crippen LogP contribution is -2.47. The maximum atomic E-state index is 12.5. The summed E-state index contributed by atoms with van der Waals surface area (Å²) in [6, 6.07) is -1.99. The van der Waals surface area contributed by atoms with Crippen LogP contribution in [0.1, 0.15) is 34.1 Å². The number of carbonyl (C=O) groups excluding carboxylic acids is 2. The van der Waals surface area contributed by atoms with Gasteiger partial charge in [0.25, 0.3) is 0 Å². The second-order valence-corrected chi connectivity index (χ2v) is 4.48. The molecule has 0 aliphatic carbocycles. The van der Waals surface area contributed by atoms with Crippen LogP contribution in [-0.2, 0) is 4.79 Å². The van der Waals surface area contributed by atoms with E-state index < -0.39 is 22.9 Å². The Hall–Kier alpha value is -2.19. The summed E-state index contributed by atoms with van der Waals surface area (Å²) in [7, 11) is 0. The molecule has 9 heteroatoms. The zero-order valence-corrected chi connectivity index (χ0v) is 12.8. The highest BCUT2D eigenvalue weighted by Gasteiger charge is 2.39. The quantitative estimate of drug-likeness (QED) is 0.385. The van der Waals surface area contributed by atoms with Crippen LogP contribution in [0.2, 0.25) is 0 Å². The number of urea groups is 1. The number of nitrogens with two attached hydrogens (primary N) is 1. The average molecular weight is 301 g/mol. The molecular formula is C12H23N5O4. The Morgan fingerprint density at radius 1 is 1.33 bits per heavy atom. The molecule has 0 saturated heterocycles. The molecule has 0 radical (unpaired) electrons. The monoisotopic (exact) mass is 301 g/mol. The fourth-order valence-corrected chi connectivity index (χ4v) is 2.07. The predicted molar refractivity (Wildman–Crippen MR) is 78.3 cm³/mol. The topological polar surface area (TPSA) is 131 Å². The Balaban J connectivity index is 5.55. The predicted octanol–water partition coefficient (Wildman–Crippen LogP) is 0.571. The highest BCUT2D eigenvalue weighted by atomic mass is 16.6. The zero-order chi connectivity index (χ0) is 16.6. The number of carbonyl (C=O) groups is 2. The van der Waals surface area contributed by atoms with Crippen LogP contribution in [-0.4, -0.2) is 46.6 Å². The molecule has 0 fully saturated rings. The molecule has 0 bridgehead atoms. The van der Waals surface area contributed by atoms with Crippen molar-refractivity contribution >= 4 is 17.6 Å². The summed E-state index contributed by atoms with van der Waals surface area (Å²) < 4.78 is 0. The van der Waals surface area contributed by atoms with Crippen molar-refractivity contribution in [2.24, 2.45) is 16.8 Å². The second-order valence-electron chi connectivity index (χ2n) is 4.48. The maximum absolute atomic E-state index is 12.5. The van der Waals surface area contributed by atoms with Gasteiger partial charge < -0.3 is 10.6 Å². The van der Waals surface area contributed by atoms with Crippen LogP contribution < -0.4 is 11.2 Å². The van der Waals surface area contributed by atoms with E-state index in [1.807, 2.05) is 5.43 Å². The van der Waals surface area contributed by atoms with Crippen molar-refractivity contribution < 1.29 is 14.5 Å². The molecule has 0 rings (SSSR count). The molecule has 21 heavy (non-hydrogen) atoms. The van der Waals surface area contributed by atoms with Crippen LogP contribution in [0.25, 0.3) is 0 Å². The summed E-state index contributed by atoms with van der Waals surface area (Å²) in [5, 5.41) is 14.9. The molecule has 0 aromatic carbocycles. The molecule has 0 aliphatic rings. The number of primary amides is 1. The molecule has 0 saturated carbocycles. The summed E-state index contributed by atoms with van der Waals surface area (Å²) in [4.78, 5) is 35.4. The van der Waals surface area contributed by atoms with E-state index in [2.05, 4.69) is 5.10 Å². The fraction of sp³-hybridized carbons (Fsp3) is 0.750. The first-order valence-corrected chi connectivity index (χ1v) is 6.81. The second kappa shape index (κ2) is 8.88. The molecule has 3 amide bonds. The zero-order valence-electron chi connectivity index (χ0n) is 12.8. The molecule has 2 atom stereocenters. The van der Waals surface area contributed by atoms with Crippen molar-refractivity contribution in [2.75, 3.05) is 13.1 Å². The lowest BCUT2D eigenvalue weighted by atomic mass is 9.92. The van der Waals surface area contributed by atoms with E-state index in [1.54, 1.807) is 20.8 Å². The highest BCUT2D eigenvalue weighted by molar-refractivity contribution is 6.03. The first-order chi connectivity index (χ1) is 9.79. The molecule has 0 spiro atoms. The van der Waals surface area contributed by atoms with E-state index in [0.29, 0.717) is 13.1 Å². The number of nitro groups is 1. The highest BCUT2D eigenvalue weighted by Crippen LogP contribution is 2.17. The van der Waals surface area contributed by atoms with Gasteiger partial charge in [0.05, 0.1) is 5.71 Å². The summed E-state index contributed by atoms with van der Waals surface area (Å²) >= 11 is 0. The van der Waals surface area contributed by atoms with Gasteiger partial charge in [-0.25, -0.2) is 10.2 Å². The maximum Gasteiger partial charge on any atom is 0.332 e. The van der Waals surface area contributed by atoms with Crippen LogP contribution in [0.5, 0.6) is 0 Å². The molecule has 9 nitrogen and oxygen atoms in total. The Labute approximate surface area is 123 Å². The van der Waals surface area contributed by atoms with E-state index in [-0.39, 0.29) is 18.0 Å². The van der Waals surface area contributed by atoms with Crippen LogP contribution in [0.3, 0.4) is 0 Å². The van der Waals surface area contributed by atoms with Crippen LogP contribution in [0.15, 0.2) is 5.10 Å². The summed E-state index contributed by atoms with van der Waals surface area (Å²) in [5.41, 5.74) is 7.08. The number of hydrazone groups is 1. The number of nitrogens with zero attached hydrogens (tertiary/aromatic N) is 3. The average Bonchev–Trinajstić information content (AvgIpc) is 2.42. The third kappa shape index (κ3) is 5.36. The molecule has 120 valence electrons. The SMILES string of the molecule is CCC(C(C(=O)N(CC)CC)/C(C)=N/NC(N)=O)[N+](=O)[O-]. The Morgan fingerprint density at radius 2 is 1.86 bits per heavy atom. The van der Waals surface area contributed by atoms with E-state index in [0.717, 1.165) is 0 Å². The first kappa shape index (κ1) is 18.8. The summed E-state index contributed by atoms with van der Waals surface area (Å²) in [6.07, 6.45) is 0.175. The van der Waals surface area contributed by atoms with Crippen LogP contribution in [0.4, 0.5) is 4.79 Å². The minimum absolute atomic E-state index is 0.161. The van der Waals surface area contributed by atoms with E-state index in [4.69, 9.17) is 5.73 Å². The molecule has 3 N–H and O–H groups in total. The third-order valence-electron chi connectivity index (χ3n) is 3.21. The van der Waals surface area contributed by atoms with Gasteiger partial charge in [-0.05, 0) is 20.8 Å². The van der Waals surface area contributed by atoms with Crippen LogP contribution >= 0.6 is 0 Å². The number of hydrogen-bond donors (Lipinski definition) is 2. The van der Waals surface area contributed by atoms with Crippen molar-refractivity contribution in [1.29, 1.82) is 0 Å². The van der Waals surface area contributed by atoms with Crippen molar-refractivity contribution in [3.05, 3.63) is 10.1 Å². The molecule has 0 aromatic rings. The first-order valence-electron chi connectivity index (χ1n) is 6.81. The fourth-order valence-electron chi connectivity index (χ4n) is 2.07. The van der Waals surface area contributed by atoms with Crippen molar-refractivity contribution in [1.82, 2.24) is 10.3 Å². The number of amides is 3.